The van der Waals surface area contributed by atoms with Gasteiger partial charge in [-0.1, -0.05) is 17.9 Å². The van der Waals surface area contributed by atoms with Crippen molar-refractivity contribution in [2.75, 3.05) is 0 Å². The van der Waals surface area contributed by atoms with Crippen molar-refractivity contribution in [3.63, 3.8) is 0 Å². The van der Waals surface area contributed by atoms with E-state index in [9.17, 15) is 18.0 Å². The van der Waals surface area contributed by atoms with Crippen LogP contribution in [0.15, 0.2) is 18.2 Å². The van der Waals surface area contributed by atoms with E-state index in [1.54, 1.807) is 0 Å². The van der Waals surface area contributed by atoms with Gasteiger partial charge in [0, 0.05) is 17.0 Å². The quantitative estimate of drug-likeness (QED) is 0.805. The van der Waals surface area contributed by atoms with Gasteiger partial charge < -0.3 is 5.11 Å². The molecular formula is C17H12F3NO2S. The number of halogens is 3. The number of hydrogen-bond donors (Lipinski definition) is 1. The Hall–Kier alpha value is -2.33. The molecule has 1 saturated carbocycles. The summed E-state index contributed by atoms with van der Waals surface area (Å²) in [6.45, 7) is 1.52. The van der Waals surface area contributed by atoms with E-state index in [1.807, 2.05) is 0 Å². The van der Waals surface area contributed by atoms with Crippen LogP contribution < -0.4 is 0 Å². The smallest absolute Gasteiger partial charge is 0.417 e. The standard InChI is InChI=1S/C17H12F3NO2S/c1-9-14(16(22)23)24-15(21-9)12-7-6-11(5-4-10-2-3-10)13(8-12)17(18,19)20/h6-8,10H,2-3H2,1H3,(H,22,23). The monoisotopic (exact) mass is 351 g/mol. The summed E-state index contributed by atoms with van der Waals surface area (Å²) in [5.41, 5.74) is -0.365. The molecule has 0 aliphatic heterocycles. The summed E-state index contributed by atoms with van der Waals surface area (Å²) >= 11 is 0.860. The number of aromatic nitrogens is 1. The van der Waals surface area contributed by atoms with Crippen LogP contribution in [0.25, 0.3) is 10.6 Å². The molecule has 0 radical (unpaired) electrons. The van der Waals surface area contributed by atoms with Crippen molar-refractivity contribution in [2.45, 2.75) is 25.9 Å². The second-order valence-electron chi connectivity index (χ2n) is 5.54. The third-order valence-electron chi connectivity index (χ3n) is 3.55. The number of hydrogen-bond acceptors (Lipinski definition) is 3. The zero-order valence-electron chi connectivity index (χ0n) is 12.6. The molecule has 1 aromatic heterocycles. The van der Waals surface area contributed by atoms with Crippen LogP contribution >= 0.6 is 11.3 Å². The lowest BCUT2D eigenvalue weighted by atomic mass is 10.0. The fourth-order valence-corrected chi connectivity index (χ4v) is 3.05. The molecule has 0 spiro atoms. The largest absolute Gasteiger partial charge is 0.477 e. The van der Waals surface area contributed by atoms with E-state index in [0.29, 0.717) is 0 Å². The molecule has 0 unspecified atom stereocenters. The predicted octanol–water partition coefficient (Wildman–Crippen LogP) is 4.60. The summed E-state index contributed by atoms with van der Waals surface area (Å²) in [6, 6.07) is 3.81. The van der Waals surface area contributed by atoms with Crippen molar-refractivity contribution in [1.29, 1.82) is 0 Å². The molecule has 1 aromatic carbocycles. The lowest BCUT2D eigenvalue weighted by molar-refractivity contribution is -0.137. The van der Waals surface area contributed by atoms with Gasteiger partial charge in [0.15, 0.2) is 0 Å². The maximum atomic E-state index is 13.3. The molecular weight excluding hydrogens is 339 g/mol. The van der Waals surface area contributed by atoms with Gasteiger partial charge in [-0.3, -0.25) is 0 Å². The Labute approximate surface area is 140 Å². The van der Waals surface area contributed by atoms with Crippen LogP contribution in [0.5, 0.6) is 0 Å². The van der Waals surface area contributed by atoms with Gasteiger partial charge in [-0.2, -0.15) is 13.2 Å². The number of alkyl halides is 3. The van der Waals surface area contributed by atoms with Crippen molar-refractivity contribution < 1.29 is 23.1 Å². The number of carboxylic acids is 1. The van der Waals surface area contributed by atoms with Gasteiger partial charge >= 0.3 is 12.1 Å². The van der Waals surface area contributed by atoms with Crippen LogP contribution in [0.1, 0.15) is 39.3 Å². The van der Waals surface area contributed by atoms with Crippen LogP contribution in [0.4, 0.5) is 13.2 Å². The van der Waals surface area contributed by atoms with E-state index in [1.165, 1.54) is 19.1 Å². The van der Waals surface area contributed by atoms with Gasteiger partial charge in [-0.25, -0.2) is 9.78 Å². The Morgan fingerprint density at radius 3 is 2.62 bits per heavy atom. The van der Waals surface area contributed by atoms with E-state index in [4.69, 9.17) is 5.11 Å². The molecule has 124 valence electrons. The highest BCUT2D eigenvalue weighted by atomic mass is 32.1. The van der Waals surface area contributed by atoms with Crippen molar-refractivity contribution in [2.24, 2.45) is 5.92 Å². The molecule has 7 heteroatoms. The average molecular weight is 351 g/mol. The molecule has 1 aliphatic rings. The maximum Gasteiger partial charge on any atom is 0.417 e. The molecule has 0 amide bonds. The SMILES string of the molecule is Cc1nc(-c2ccc(C#CC3CC3)c(C(F)(F)F)c2)sc1C(=O)O. The zero-order valence-corrected chi connectivity index (χ0v) is 13.4. The Bertz CT molecular complexity index is 870. The van der Waals surface area contributed by atoms with Gasteiger partial charge in [0.05, 0.1) is 11.3 Å². The second-order valence-corrected chi connectivity index (χ2v) is 6.54. The van der Waals surface area contributed by atoms with E-state index in [2.05, 4.69) is 16.8 Å². The Balaban J connectivity index is 2.05. The normalized spacial score (nSPS) is 14.2. The van der Waals surface area contributed by atoms with Crippen molar-refractivity contribution in [3.05, 3.63) is 39.9 Å². The van der Waals surface area contributed by atoms with Gasteiger partial charge in [-0.05, 0) is 31.9 Å². The molecule has 1 N–H and O–H groups in total. The van der Waals surface area contributed by atoms with Crippen molar-refractivity contribution in [1.82, 2.24) is 4.98 Å². The minimum atomic E-state index is -4.54. The highest BCUT2D eigenvalue weighted by Crippen LogP contribution is 2.36. The van der Waals surface area contributed by atoms with Crippen molar-refractivity contribution in [3.8, 4) is 22.4 Å². The number of nitrogens with zero attached hydrogens (tertiary/aromatic N) is 1. The lowest BCUT2D eigenvalue weighted by Crippen LogP contribution is -2.08. The molecule has 0 saturated heterocycles. The highest BCUT2D eigenvalue weighted by Gasteiger charge is 2.34. The first-order valence-electron chi connectivity index (χ1n) is 7.19. The minimum Gasteiger partial charge on any atom is -0.477 e. The fraction of sp³-hybridized carbons (Fsp3) is 0.294. The Kier molecular flexibility index (Phi) is 4.10. The maximum absolute atomic E-state index is 13.3. The van der Waals surface area contributed by atoms with E-state index in [0.717, 1.165) is 30.2 Å². The Morgan fingerprint density at radius 2 is 2.08 bits per heavy atom. The van der Waals surface area contributed by atoms with E-state index < -0.39 is 17.7 Å². The van der Waals surface area contributed by atoms with Crippen LogP contribution in [0, 0.1) is 24.7 Å². The van der Waals surface area contributed by atoms with Crippen molar-refractivity contribution >= 4 is 17.3 Å². The number of benzene rings is 1. The summed E-state index contributed by atoms with van der Waals surface area (Å²) in [5.74, 6) is 4.51. The first-order chi connectivity index (χ1) is 11.3. The topological polar surface area (TPSA) is 50.2 Å². The molecule has 1 heterocycles. The molecule has 3 rings (SSSR count). The number of carbonyl (C=O) groups is 1. The summed E-state index contributed by atoms with van der Waals surface area (Å²) in [4.78, 5) is 15.2. The molecule has 1 aliphatic carbocycles. The van der Waals surface area contributed by atoms with Crippen LogP contribution in [0.2, 0.25) is 0 Å². The average Bonchev–Trinajstić information content (AvgIpc) is 3.24. The minimum absolute atomic E-state index is 0.0242. The molecule has 24 heavy (non-hydrogen) atoms. The second kappa shape index (κ2) is 5.95. The molecule has 1 fully saturated rings. The zero-order chi connectivity index (χ0) is 17.5. The van der Waals surface area contributed by atoms with Crippen LogP contribution in [-0.2, 0) is 6.18 Å². The van der Waals surface area contributed by atoms with Crippen LogP contribution in [-0.4, -0.2) is 16.1 Å². The third-order valence-corrected chi connectivity index (χ3v) is 4.75. The fourth-order valence-electron chi connectivity index (χ4n) is 2.15. The van der Waals surface area contributed by atoms with E-state index in [-0.39, 0.29) is 32.6 Å². The number of thiazole rings is 1. The number of rotatable bonds is 2. The summed E-state index contributed by atoms with van der Waals surface area (Å²) in [5, 5.41) is 9.30. The predicted molar refractivity (Wildman–Crippen MR) is 83.9 cm³/mol. The summed E-state index contributed by atoms with van der Waals surface area (Å²) < 4.78 is 40.0. The lowest BCUT2D eigenvalue weighted by Gasteiger charge is -2.10. The molecule has 0 bridgehead atoms. The molecule has 0 atom stereocenters. The summed E-state index contributed by atoms with van der Waals surface area (Å²) in [6.07, 6.45) is -2.67. The van der Waals surface area contributed by atoms with Gasteiger partial charge in [0.2, 0.25) is 0 Å². The Morgan fingerprint density at radius 1 is 1.38 bits per heavy atom. The number of aromatic carboxylic acids is 1. The van der Waals surface area contributed by atoms with E-state index >= 15 is 0 Å². The van der Waals surface area contributed by atoms with Gasteiger partial charge in [-0.15, -0.1) is 11.3 Å². The van der Waals surface area contributed by atoms with Crippen LogP contribution in [0.3, 0.4) is 0 Å². The first-order valence-corrected chi connectivity index (χ1v) is 8.01. The molecule has 3 nitrogen and oxygen atoms in total. The first kappa shape index (κ1) is 16.5. The number of aryl methyl sites for hydroxylation is 1. The third kappa shape index (κ3) is 3.44. The van der Waals surface area contributed by atoms with Gasteiger partial charge in [0.25, 0.3) is 0 Å². The molecule has 2 aromatic rings. The van der Waals surface area contributed by atoms with Gasteiger partial charge in [0.1, 0.15) is 9.88 Å². The number of carboxylic acid groups (broad SMARTS) is 1. The highest BCUT2D eigenvalue weighted by molar-refractivity contribution is 7.17. The summed E-state index contributed by atoms with van der Waals surface area (Å²) in [7, 11) is 0.